The van der Waals surface area contributed by atoms with Crippen LogP contribution in [-0.4, -0.2) is 50.6 Å². The fourth-order valence-corrected chi connectivity index (χ4v) is 5.66. The highest BCUT2D eigenvalue weighted by molar-refractivity contribution is 7.89. The first kappa shape index (κ1) is 24.3. The molecule has 1 atom stereocenters. The summed E-state index contributed by atoms with van der Waals surface area (Å²) < 4.78 is 32.8. The standard InChI is InChI=1S/C25H34N2O4S/c1-20-12-13-24(21(2)18-20)31-16-14-26-25(28)23-11-6-15-27(19-23)32(29,30)17-7-10-22-8-4-3-5-9-22/h3-5,8-9,12-13,18,23H,6-7,10-11,14-17,19H2,1-2H3,(H,26,28). The number of hydrogen-bond donors (Lipinski definition) is 1. The van der Waals surface area contributed by atoms with Crippen LogP contribution >= 0.6 is 0 Å². The number of hydrogen-bond acceptors (Lipinski definition) is 4. The molecule has 1 amide bonds. The fourth-order valence-electron chi connectivity index (χ4n) is 4.08. The molecule has 1 heterocycles. The van der Waals surface area contributed by atoms with Crippen molar-refractivity contribution >= 4 is 15.9 Å². The topological polar surface area (TPSA) is 75.7 Å². The van der Waals surface area contributed by atoms with Gasteiger partial charge in [0.05, 0.1) is 18.2 Å². The summed E-state index contributed by atoms with van der Waals surface area (Å²) in [7, 11) is -3.36. The predicted octanol–water partition coefficient (Wildman–Crippen LogP) is 3.47. The van der Waals surface area contributed by atoms with Crippen molar-refractivity contribution in [2.45, 2.75) is 39.5 Å². The number of aryl methyl sites for hydroxylation is 3. The molecule has 0 bridgehead atoms. The van der Waals surface area contributed by atoms with E-state index < -0.39 is 10.0 Å². The van der Waals surface area contributed by atoms with Crippen LogP contribution in [0.15, 0.2) is 48.5 Å². The van der Waals surface area contributed by atoms with E-state index in [1.54, 1.807) is 0 Å². The molecule has 1 aliphatic rings. The first-order valence-electron chi connectivity index (χ1n) is 11.3. The van der Waals surface area contributed by atoms with Crippen molar-refractivity contribution in [2.75, 3.05) is 32.0 Å². The van der Waals surface area contributed by atoms with Gasteiger partial charge in [0.25, 0.3) is 0 Å². The summed E-state index contributed by atoms with van der Waals surface area (Å²) in [5, 5.41) is 2.90. The van der Waals surface area contributed by atoms with Gasteiger partial charge < -0.3 is 10.1 Å². The molecule has 0 aromatic heterocycles. The third-order valence-electron chi connectivity index (χ3n) is 5.85. The third-order valence-corrected chi connectivity index (χ3v) is 7.77. The summed E-state index contributed by atoms with van der Waals surface area (Å²) in [4.78, 5) is 12.6. The van der Waals surface area contributed by atoms with Crippen molar-refractivity contribution in [3.8, 4) is 5.75 Å². The Kier molecular flexibility index (Phi) is 8.70. The summed E-state index contributed by atoms with van der Waals surface area (Å²) in [6.07, 6.45) is 2.72. The molecule has 1 fully saturated rings. The van der Waals surface area contributed by atoms with Crippen LogP contribution in [0.2, 0.25) is 0 Å². The van der Waals surface area contributed by atoms with Gasteiger partial charge in [0, 0.05) is 13.1 Å². The van der Waals surface area contributed by atoms with Gasteiger partial charge in [0.15, 0.2) is 0 Å². The van der Waals surface area contributed by atoms with Gasteiger partial charge in [-0.05, 0) is 56.7 Å². The predicted molar refractivity (Wildman–Crippen MR) is 127 cm³/mol. The maximum atomic E-state index is 12.8. The SMILES string of the molecule is Cc1ccc(OCCNC(=O)C2CCCN(S(=O)(=O)CCCc3ccccc3)C2)c(C)c1. The van der Waals surface area contributed by atoms with Crippen molar-refractivity contribution in [3.05, 3.63) is 65.2 Å². The molecule has 2 aromatic carbocycles. The van der Waals surface area contributed by atoms with Gasteiger partial charge in [0.1, 0.15) is 12.4 Å². The lowest BCUT2D eigenvalue weighted by Gasteiger charge is -2.31. The summed E-state index contributed by atoms with van der Waals surface area (Å²) in [5.41, 5.74) is 3.39. The zero-order valence-electron chi connectivity index (χ0n) is 19.0. The van der Waals surface area contributed by atoms with Crippen LogP contribution in [-0.2, 0) is 21.2 Å². The van der Waals surface area contributed by atoms with Gasteiger partial charge in [0.2, 0.25) is 15.9 Å². The zero-order valence-corrected chi connectivity index (χ0v) is 19.9. The molecule has 2 aromatic rings. The van der Waals surface area contributed by atoms with Crippen LogP contribution < -0.4 is 10.1 Å². The molecule has 1 aliphatic heterocycles. The van der Waals surface area contributed by atoms with Crippen LogP contribution in [0.25, 0.3) is 0 Å². The molecule has 0 aliphatic carbocycles. The van der Waals surface area contributed by atoms with Crippen LogP contribution in [0.1, 0.15) is 36.0 Å². The largest absolute Gasteiger partial charge is 0.491 e. The van der Waals surface area contributed by atoms with Gasteiger partial charge in [-0.25, -0.2) is 12.7 Å². The number of nitrogens with zero attached hydrogens (tertiary/aromatic N) is 1. The average molecular weight is 459 g/mol. The molecular weight excluding hydrogens is 424 g/mol. The monoisotopic (exact) mass is 458 g/mol. The van der Waals surface area contributed by atoms with Crippen molar-refractivity contribution in [2.24, 2.45) is 5.92 Å². The molecule has 1 N–H and O–H groups in total. The number of amides is 1. The lowest BCUT2D eigenvalue weighted by Crippen LogP contribution is -2.46. The quantitative estimate of drug-likeness (QED) is 0.553. The van der Waals surface area contributed by atoms with E-state index >= 15 is 0 Å². The Morgan fingerprint density at radius 2 is 1.94 bits per heavy atom. The number of piperidine rings is 1. The van der Waals surface area contributed by atoms with E-state index in [0.29, 0.717) is 39.0 Å². The minimum atomic E-state index is -3.36. The zero-order chi connectivity index (χ0) is 23.0. The Labute approximate surface area is 192 Å². The highest BCUT2D eigenvalue weighted by Crippen LogP contribution is 2.21. The first-order valence-corrected chi connectivity index (χ1v) is 13.0. The molecule has 6 nitrogen and oxygen atoms in total. The number of rotatable bonds is 10. The summed E-state index contributed by atoms with van der Waals surface area (Å²) in [6.45, 7) is 5.56. The lowest BCUT2D eigenvalue weighted by molar-refractivity contribution is -0.126. The lowest BCUT2D eigenvalue weighted by atomic mass is 9.99. The second-order valence-electron chi connectivity index (χ2n) is 8.51. The van der Waals surface area contributed by atoms with Crippen molar-refractivity contribution < 1.29 is 17.9 Å². The second-order valence-corrected chi connectivity index (χ2v) is 10.6. The Hall–Kier alpha value is -2.38. The maximum Gasteiger partial charge on any atom is 0.224 e. The van der Waals surface area contributed by atoms with Crippen molar-refractivity contribution in [1.29, 1.82) is 0 Å². The van der Waals surface area contributed by atoms with Gasteiger partial charge in [-0.2, -0.15) is 0 Å². The normalized spacial score (nSPS) is 17.1. The molecule has 174 valence electrons. The maximum absolute atomic E-state index is 12.8. The van der Waals surface area contributed by atoms with E-state index in [-0.39, 0.29) is 24.1 Å². The van der Waals surface area contributed by atoms with Gasteiger partial charge in [-0.15, -0.1) is 0 Å². The van der Waals surface area contributed by atoms with Gasteiger partial charge in [-0.3, -0.25) is 4.79 Å². The number of sulfonamides is 1. The molecule has 0 saturated carbocycles. The number of carbonyl (C=O) groups is 1. The van der Waals surface area contributed by atoms with E-state index in [1.807, 2.05) is 56.3 Å². The molecule has 1 unspecified atom stereocenters. The minimum absolute atomic E-state index is 0.0987. The summed E-state index contributed by atoms with van der Waals surface area (Å²) in [5.74, 6) is 0.516. The van der Waals surface area contributed by atoms with Gasteiger partial charge in [-0.1, -0.05) is 48.0 Å². The molecule has 3 rings (SSSR count). The minimum Gasteiger partial charge on any atom is -0.491 e. The smallest absolute Gasteiger partial charge is 0.224 e. The highest BCUT2D eigenvalue weighted by Gasteiger charge is 2.31. The third kappa shape index (κ3) is 7.07. The molecule has 32 heavy (non-hydrogen) atoms. The van der Waals surface area contributed by atoms with Crippen LogP contribution in [0.4, 0.5) is 0 Å². The van der Waals surface area contributed by atoms with Gasteiger partial charge >= 0.3 is 0 Å². The molecular formula is C25H34N2O4S. The highest BCUT2D eigenvalue weighted by atomic mass is 32.2. The van der Waals surface area contributed by atoms with Crippen LogP contribution in [0.3, 0.4) is 0 Å². The molecule has 0 spiro atoms. The van der Waals surface area contributed by atoms with Crippen LogP contribution in [0.5, 0.6) is 5.75 Å². The van der Waals surface area contributed by atoms with E-state index in [2.05, 4.69) is 11.4 Å². The number of ether oxygens (including phenoxy) is 1. The first-order chi connectivity index (χ1) is 15.3. The number of nitrogens with one attached hydrogen (secondary N) is 1. The Morgan fingerprint density at radius 1 is 1.16 bits per heavy atom. The number of benzene rings is 2. The molecule has 7 heteroatoms. The second kappa shape index (κ2) is 11.5. The van der Waals surface area contributed by atoms with E-state index in [4.69, 9.17) is 4.74 Å². The van der Waals surface area contributed by atoms with E-state index in [9.17, 15) is 13.2 Å². The summed E-state index contributed by atoms with van der Waals surface area (Å²) >= 11 is 0. The van der Waals surface area contributed by atoms with Crippen molar-refractivity contribution in [3.63, 3.8) is 0 Å². The Bertz CT molecular complexity index is 992. The van der Waals surface area contributed by atoms with Crippen LogP contribution in [0, 0.1) is 19.8 Å². The fraction of sp³-hybridized carbons (Fsp3) is 0.480. The summed E-state index contributed by atoms with van der Waals surface area (Å²) in [6, 6.07) is 15.9. The average Bonchev–Trinajstić information content (AvgIpc) is 2.78. The molecule has 0 radical (unpaired) electrons. The molecule has 1 saturated heterocycles. The number of carbonyl (C=O) groups excluding carboxylic acids is 1. The van der Waals surface area contributed by atoms with Crippen molar-refractivity contribution in [1.82, 2.24) is 9.62 Å². The Balaban J connectivity index is 1.42. The van der Waals surface area contributed by atoms with E-state index in [1.165, 1.54) is 9.87 Å². The van der Waals surface area contributed by atoms with E-state index in [0.717, 1.165) is 23.3 Å². The Morgan fingerprint density at radius 3 is 2.69 bits per heavy atom.